The number of carbonyl (C=O) groups excluding carboxylic acids is 1. The number of hydrogen-bond donors (Lipinski definition) is 1. The molecule has 1 saturated carbocycles. The molecule has 3 rings (SSSR count). The highest BCUT2D eigenvalue weighted by Gasteiger charge is 2.39. The molecule has 1 aromatic carbocycles. The Bertz CT molecular complexity index is 520. The molecule has 2 aliphatic carbocycles. The van der Waals surface area contributed by atoms with Crippen molar-refractivity contribution in [2.24, 2.45) is 11.8 Å². The monoisotopic (exact) mass is 286 g/mol. The average Bonchev–Trinajstić information content (AvgIpc) is 2.47. The lowest BCUT2D eigenvalue weighted by Gasteiger charge is -2.39. The lowest BCUT2D eigenvalue weighted by Crippen LogP contribution is -2.33. The molecular formula is C19H26O2. The minimum atomic E-state index is 0.316. The molecule has 0 heterocycles. The summed E-state index contributed by atoms with van der Waals surface area (Å²) in [5.74, 6) is 2.23. The summed E-state index contributed by atoms with van der Waals surface area (Å²) < 4.78 is 0. The molecule has 1 N–H and O–H groups in total. The topological polar surface area (TPSA) is 37.3 Å². The highest BCUT2D eigenvalue weighted by atomic mass is 16.3. The molecule has 2 aliphatic rings. The van der Waals surface area contributed by atoms with Crippen LogP contribution in [0, 0.1) is 11.8 Å². The van der Waals surface area contributed by atoms with Gasteiger partial charge >= 0.3 is 0 Å². The van der Waals surface area contributed by atoms with E-state index >= 15 is 0 Å². The van der Waals surface area contributed by atoms with Crippen molar-refractivity contribution in [1.29, 1.82) is 0 Å². The van der Waals surface area contributed by atoms with Crippen LogP contribution in [0.15, 0.2) is 18.2 Å². The van der Waals surface area contributed by atoms with Crippen molar-refractivity contribution in [3.63, 3.8) is 0 Å². The van der Waals surface area contributed by atoms with Crippen LogP contribution < -0.4 is 0 Å². The molecule has 0 aliphatic heterocycles. The fraction of sp³-hybridized carbons (Fsp3) is 0.632. The second-order valence-corrected chi connectivity index (χ2v) is 6.89. The van der Waals surface area contributed by atoms with Gasteiger partial charge in [0.1, 0.15) is 11.5 Å². The van der Waals surface area contributed by atoms with Crippen molar-refractivity contribution in [3.8, 4) is 5.75 Å². The summed E-state index contributed by atoms with van der Waals surface area (Å²) in [6, 6.07) is 5.72. The van der Waals surface area contributed by atoms with Crippen LogP contribution in [0.3, 0.4) is 0 Å². The number of phenolic OH excluding ortho intramolecular Hbond substituents is 1. The molecule has 3 atom stereocenters. The first kappa shape index (κ1) is 14.6. The number of hydrogen-bond acceptors (Lipinski definition) is 2. The number of benzene rings is 1. The summed E-state index contributed by atoms with van der Waals surface area (Å²) in [7, 11) is 0. The van der Waals surface area contributed by atoms with Gasteiger partial charge in [-0.15, -0.1) is 0 Å². The quantitative estimate of drug-likeness (QED) is 0.821. The van der Waals surface area contributed by atoms with Gasteiger partial charge in [0, 0.05) is 12.3 Å². The second kappa shape index (κ2) is 6.21. The summed E-state index contributed by atoms with van der Waals surface area (Å²) >= 11 is 0. The highest BCUT2D eigenvalue weighted by Crippen LogP contribution is 2.47. The van der Waals surface area contributed by atoms with Gasteiger partial charge in [0.2, 0.25) is 0 Å². The molecule has 0 spiro atoms. The van der Waals surface area contributed by atoms with Crippen molar-refractivity contribution in [2.45, 2.75) is 64.2 Å². The Hall–Kier alpha value is -1.31. The van der Waals surface area contributed by atoms with Gasteiger partial charge in [-0.2, -0.15) is 0 Å². The molecule has 21 heavy (non-hydrogen) atoms. The molecule has 0 aromatic heterocycles. The van der Waals surface area contributed by atoms with E-state index in [9.17, 15) is 9.90 Å². The highest BCUT2D eigenvalue weighted by molar-refractivity contribution is 5.83. The smallest absolute Gasteiger partial charge is 0.136 e. The van der Waals surface area contributed by atoms with Gasteiger partial charge in [0.15, 0.2) is 0 Å². The number of aromatic hydroxyl groups is 1. The average molecular weight is 286 g/mol. The van der Waals surface area contributed by atoms with E-state index in [1.807, 2.05) is 12.1 Å². The minimum absolute atomic E-state index is 0.316. The summed E-state index contributed by atoms with van der Waals surface area (Å²) in [4.78, 5) is 12.5. The van der Waals surface area contributed by atoms with E-state index in [2.05, 4.69) is 6.92 Å². The van der Waals surface area contributed by atoms with Crippen LogP contribution in [-0.2, 0) is 11.2 Å². The zero-order chi connectivity index (χ0) is 14.8. The minimum Gasteiger partial charge on any atom is -0.508 e. The molecule has 114 valence electrons. The van der Waals surface area contributed by atoms with Crippen LogP contribution in [0.25, 0.3) is 0 Å². The van der Waals surface area contributed by atoms with Crippen molar-refractivity contribution in [2.75, 3.05) is 0 Å². The van der Waals surface area contributed by atoms with E-state index in [0.29, 0.717) is 29.3 Å². The van der Waals surface area contributed by atoms with Gasteiger partial charge in [-0.3, -0.25) is 4.79 Å². The molecule has 1 aromatic rings. The molecule has 0 bridgehead atoms. The van der Waals surface area contributed by atoms with Crippen LogP contribution in [0.1, 0.15) is 68.9 Å². The first-order valence-corrected chi connectivity index (χ1v) is 8.53. The number of aryl methyl sites for hydroxylation is 1. The Morgan fingerprint density at radius 2 is 2.14 bits per heavy atom. The Morgan fingerprint density at radius 3 is 2.95 bits per heavy atom. The number of ketones is 1. The number of carbonyl (C=O) groups is 1. The molecule has 2 heteroatoms. The summed E-state index contributed by atoms with van der Waals surface area (Å²) in [5, 5.41) is 9.63. The number of Topliss-reactive ketones (excluding diaryl/α,β-unsaturated/α-hetero) is 1. The van der Waals surface area contributed by atoms with Gasteiger partial charge in [-0.1, -0.05) is 32.3 Å². The summed E-state index contributed by atoms with van der Waals surface area (Å²) in [6.07, 6.45) is 8.82. The molecule has 0 amide bonds. The molecular weight excluding hydrogens is 260 g/mol. The summed E-state index contributed by atoms with van der Waals surface area (Å²) in [6.45, 7) is 2.21. The van der Waals surface area contributed by atoms with Crippen LogP contribution in [0.2, 0.25) is 0 Å². The van der Waals surface area contributed by atoms with E-state index in [4.69, 9.17) is 0 Å². The first-order valence-electron chi connectivity index (χ1n) is 8.53. The first-order chi connectivity index (χ1) is 10.2. The Balaban J connectivity index is 1.72. The molecule has 3 unspecified atom stereocenters. The fourth-order valence-corrected chi connectivity index (χ4v) is 4.33. The maximum absolute atomic E-state index is 12.5. The molecule has 2 nitrogen and oxygen atoms in total. The van der Waals surface area contributed by atoms with Crippen LogP contribution in [-0.4, -0.2) is 10.9 Å². The number of unbranched alkanes of at least 4 members (excludes halogenated alkanes) is 2. The molecule has 0 radical (unpaired) electrons. The van der Waals surface area contributed by atoms with Gasteiger partial charge in [-0.25, -0.2) is 0 Å². The van der Waals surface area contributed by atoms with Crippen molar-refractivity contribution in [3.05, 3.63) is 29.3 Å². The largest absolute Gasteiger partial charge is 0.508 e. The third kappa shape index (κ3) is 3.00. The maximum atomic E-state index is 12.5. The normalized spacial score (nSPS) is 28.0. The zero-order valence-electron chi connectivity index (χ0n) is 13.0. The van der Waals surface area contributed by atoms with E-state index in [1.165, 1.54) is 36.8 Å². The SMILES string of the molecule is CCCCCC1CC2CCc3cc(O)ccc3C2CC1=O. The standard InChI is InChI=1S/C19H26O2/c1-2-3-4-5-15-10-13-6-7-14-11-16(20)8-9-17(14)18(13)12-19(15)21/h8-9,11,13,15,18,20H,2-7,10,12H2,1H3. The van der Waals surface area contributed by atoms with Crippen LogP contribution in [0.4, 0.5) is 0 Å². The predicted molar refractivity (Wildman–Crippen MR) is 84.5 cm³/mol. The van der Waals surface area contributed by atoms with Crippen molar-refractivity contribution in [1.82, 2.24) is 0 Å². The lowest BCUT2D eigenvalue weighted by atomic mass is 9.64. The van der Waals surface area contributed by atoms with E-state index < -0.39 is 0 Å². The Kier molecular flexibility index (Phi) is 4.32. The number of rotatable bonds is 4. The van der Waals surface area contributed by atoms with Crippen LogP contribution >= 0.6 is 0 Å². The molecule has 0 saturated heterocycles. The fourth-order valence-electron chi connectivity index (χ4n) is 4.33. The third-order valence-corrected chi connectivity index (χ3v) is 5.50. The number of phenols is 1. The Labute approximate surface area is 127 Å². The predicted octanol–water partition coefficient (Wildman–Crippen LogP) is 4.60. The summed E-state index contributed by atoms with van der Waals surface area (Å²) in [5.41, 5.74) is 2.58. The zero-order valence-corrected chi connectivity index (χ0v) is 13.0. The lowest BCUT2D eigenvalue weighted by molar-refractivity contribution is -0.126. The van der Waals surface area contributed by atoms with Gasteiger partial charge < -0.3 is 5.11 Å². The number of fused-ring (bicyclic) bond motifs is 3. The van der Waals surface area contributed by atoms with Gasteiger partial charge in [0.25, 0.3) is 0 Å². The second-order valence-electron chi connectivity index (χ2n) is 6.89. The van der Waals surface area contributed by atoms with Crippen LogP contribution in [0.5, 0.6) is 5.75 Å². The van der Waals surface area contributed by atoms with E-state index in [1.54, 1.807) is 6.07 Å². The van der Waals surface area contributed by atoms with Gasteiger partial charge in [0.05, 0.1) is 0 Å². The third-order valence-electron chi connectivity index (χ3n) is 5.50. The van der Waals surface area contributed by atoms with Crippen molar-refractivity contribution < 1.29 is 9.90 Å². The van der Waals surface area contributed by atoms with Crippen molar-refractivity contribution >= 4 is 5.78 Å². The van der Waals surface area contributed by atoms with E-state index in [0.717, 1.165) is 25.7 Å². The van der Waals surface area contributed by atoms with E-state index in [-0.39, 0.29) is 0 Å². The van der Waals surface area contributed by atoms with Gasteiger partial charge in [-0.05, 0) is 60.8 Å². The Morgan fingerprint density at radius 1 is 1.29 bits per heavy atom. The molecule has 1 fully saturated rings. The maximum Gasteiger partial charge on any atom is 0.136 e.